The second-order valence-corrected chi connectivity index (χ2v) is 7.01. The van der Waals surface area contributed by atoms with Gasteiger partial charge in [0.1, 0.15) is 5.75 Å². The van der Waals surface area contributed by atoms with Crippen molar-refractivity contribution in [1.82, 2.24) is 4.98 Å². The van der Waals surface area contributed by atoms with E-state index in [1.54, 1.807) is 6.92 Å². The van der Waals surface area contributed by atoms with Crippen LogP contribution in [0.25, 0.3) is 11.3 Å². The van der Waals surface area contributed by atoms with Crippen molar-refractivity contribution >= 4 is 22.4 Å². The second-order valence-electron chi connectivity index (χ2n) is 6.15. The van der Waals surface area contributed by atoms with Crippen LogP contribution in [-0.2, 0) is 11.2 Å². The molecule has 0 unspecified atom stereocenters. The minimum Gasteiger partial charge on any atom is -0.481 e. The van der Waals surface area contributed by atoms with Crippen LogP contribution in [0.15, 0.2) is 53.9 Å². The van der Waals surface area contributed by atoms with Crippen molar-refractivity contribution < 1.29 is 9.53 Å². The van der Waals surface area contributed by atoms with Gasteiger partial charge < -0.3 is 4.74 Å². The number of benzene rings is 2. The maximum absolute atomic E-state index is 12.4. The summed E-state index contributed by atoms with van der Waals surface area (Å²) >= 11 is 1.41. The van der Waals surface area contributed by atoms with Crippen molar-refractivity contribution in [3.8, 4) is 17.0 Å². The first-order valence-electron chi connectivity index (χ1n) is 8.64. The van der Waals surface area contributed by atoms with Gasteiger partial charge in [-0.05, 0) is 43.5 Å². The number of ether oxygens (including phenoxy) is 1. The van der Waals surface area contributed by atoms with Crippen LogP contribution in [0.4, 0.5) is 5.13 Å². The Bertz CT molecular complexity index is 887. The first kappa shape index (κ1) is 18.1. The Labute approximate surface area is 157 Å². The maximum atomic E-state index is 12.4. The normalized spacial score (nSPS) is 11.8. The van der Waals surface area contributed by atoms with Crippen LogP contribution < -0.4 is 10.1 Å². The highest BCUT2D eigenvalue weighted by atomic mass is 32.1. The zero-order valence-electron chi connectivity index (χ0n) is 15.2. The maximum Gasteiger partial charge on any atom is 0.266 e. The van der Waals surface area contributed by atoms with Crippen LogP contribution in [0.1, 0.15) is 25.0 Å². The van der Waals surface area contributed by atoms with E-state index in [0.29, 0.717) is 10.9 Å². The lowest BCUT2D eigenvalue weighted by atomic mass is 10.1. The largest absolute Gasteiger partial charge is 0.481 e. The Morgan fingerprint density at radius 3 is 2.69 bits per heavy atom. The topological polar surface area (TPSA) is 51.2 Å². The number of anilines is 1. The van der Waals surface area contributed by atoms with Gasteiger partial charge in [-0.25, -0.2) is 4.98 Å². The van der Waals surface area contributed by atoms with Crippen LogP contribution in [0.5, 0.6) is 5.75 Å². The molecule has 0 saturated heterocycles. The molecule has 3 aromatic rings. The van der Waals surface area contributed by atoms with Crippen LogP contribution in [0.2, 0.25) is 0 Å². The molecule has 0 saturated carbocycles. The van der Waals surface area contributed by atoms with E-state index in [1.807, 2.05) is 36.6 Å². The van der Waals surface area contributed by atoms with Crippen molar-refractivity contribution in [2.75, 3.05) is 5.32 Å². The minimum absolute atomic E-state index is 0.214. The fraction of sp³-hybridized carbons (Fsp3) is 0.238. The van der Waals surface area contributed by atoms with Crippen LogP contribution in [0.3, 0.4) is 0 Å². The molecule has 1 aromatic heterocycles. The predicted octanol–water partition coefficient (Wildman–Crippen LogP) is 5.09. The van der Waals surface area contributed by atoms with Gasteiger partial charge >= 0.3 is 0 Å². The number of aryl methyl sites for hydroxylation is 2. The number of aromatic nitrogens is 1. The van der Waals surface area contributed by atoms with Gasteiger partial charge in [-0.3, -0.25) is 10.1 Å². The summed E-state index contributed by atoms with van der Waals surface area (Å²) in [5, 5.41) is 5.35. The molecule has 1 amide bonds. The van der Waals surface area contributed by atoms with Gasteiger partial charge in [-0.1, -0.05) is 43.3 Å². The Hall–Kier alpha value is -2.66. The molecule has 134 valence electrons. The SMILES string of the molecule is CCc1ccc(-c2csc(NC(=O)[C@@H](C)Oc3cccc(C)c3)n2)cc1. The molecule has 0 aliphatic carbocycles. The monoisotopic (exact) mass is 366 g/mol. The Morgan fingerprint density at radius 1 is 1.23 bits per heavy atom. The number of rotatable bonds is 6. The quantitative estimate of drug-likeness (QED) is 0.661. The van der Waals surface area contributed by atoms with Crippen molar-refractivity contribution in [2.24, 2.45) is 0 Å². The standard InChI is InChI=1S/C21H22N2O2S/c1-4-16-8-10-17(11-9-16)19-13-26-21(22-19)23-20(24)15(3)25-18-7-5-6-14(2)12-18/h5-13,15H,4H2,1-3H3,(H,22,23,24)/t15-/m1/s1. The number of carbonyl (C=O) groups excluding carboxylic acids is 1. The predicted molar refractivity (Wildman–Crippen MR) is 107 cm³/mol. The van der Waals surface area contributed by atoms with E-state index in [0.717, 1.165) is 23.2 Å². The summed E-state index contributed by atoms with van der Waals surface area (Å²) in [6, 6.07) is 16.0. The molecular weight excluding hydrogens is 344 g/mol. The lowest BCUT2D eigenvalue weighted by molar-refractivity contribution is -0.122. The average molecular weight is 366 g/mol. The molecule has 1 N–H and O–H groups in total. The molecule has 0 bridgehead atoms. The summed E-state index contributed by atoms with van der Waals surface area (Å²) < 4.78 is 5.71. The minimum atomic E-state index is -0.604. The van der Waals surface area contributed by atoms with E-state index >= 15 is 0 Å². The third kappa shape index (κ3) is 4.49. The molecule has 1 heterocycles. The van der Waals surface area contributed by atoms with Gasteiger partial charge in [0.2, 0.25) is 0 Å². The van der Waals surface area contributed by atoms with Gasteiger partial charge in [0.15, 0.2) is 11.2 Å². The van der Waals surface area contributed by atoms with E-state index in [-0.39, 0.29) is 5.91 Å². The number of carbonyl (C=O) groups is 1. The Kier molecular flexibility index (Phi) is 5.68. The molecule has 0 aliphatic rings. The fourth-order valence-electron chi connectivity index (χ4n) is 2.53. The average Bonchev–Trinajstić information content (AvgIpc) is 3.10. The highest BCUT2D eigenvalue weighted by Crippen LogP contribution is 2.25. The summed E-state index contributed by atoms with van der Waals surface area (Å²) in [6.07, 6.45) is 0.408. The lowest BCUT2D eigenvalue weighted by Crippen LogP contribution is -2.30. The first-order chi connectivity index (χ1) is 12.5. The van der Waals surface area contributed by atoms with E-state index in [4.69, 9.17) is 4.74 Å². The second kappa shape index (κ2) is 8.15. The van der Waals surface area contributed by atoms with Gasteiger partial charge in [-0.2, -0.15) is 0 Å². The summed E-state index contributed by atoms with van der Waals surface area (Å²) in [5.74, 6) is 0.470. The summed E-state index contributed by atoms with van der Waals surface area (Å²) in [6.45, 7) is 5.85. The smallest absolute Gasteiger partial charge is 0.266 e. The molecule has 26 heavy (non-hydrogen) atoms. The van der Waals surface area contributed by atoms with E-state index in [9.17, 15) is 4.79 Å². The molecule has 2 aromatic carbocycles. The molecule has 0 spiro atoms. The molecule has 3 rings (SSSR count). The number of hydrogen-bond acceptors (Lipinski definition) is 4. The fourth-order valence-corrected chi connectivity index (χ4v) is 3.25. The van der Waals surface area contributed by atoms with Crippen LogP contribution >= 0.6 is 11.3 Å². The number of amides is 1. The first-order valence-corrected chi connectivity index (χ1v) is 9.52. The molecular formula is C21H22N2O2S. The van der Waals surface area contributed by atoms with Crippen LogP contribution in [0, 0.1) is 6.92 Å². The summed E-state index contributed by atoms with van der Waals surface area (Å²) in [4.78, 5) is 16.9. The third-order valence-electron chi connectivity index (χ3n) is 4.06. The zero-order valence-corrected chi connectivity index (χ0v) is 16.0. The number of nitrogens with one attached hydrogen (secondary N) is 1. The Morgan fingerprint density at radius 2 is 2.00 bits per heavy atom. The van der Waals surface area contributed by atoms with Crippen molar-refractivity contribution in [1.29, 1.82) is 0 Å². The molecule has 0 radical (unpaired) electrons. The Balaban J connectivity index is 1.63. The van der Waals surface area contributed by atoms with Crippen molar-refractivity contribution in [3.63, 3.8) is 0 Å². The molecule has 1 atom stereocenters. The molecule has 4 nitrogen and oxygen atoms in total. The van der Waals surface area contributed by atoms with E-state index in [2.05, 4.69) is 41.5 Å². The van der Waals surface area contributed by atoms with Gasteiger partial charge in [0.05, 0.1) is 5.69 Å². The molecule has 5 heteroatoms. The molecule has 0 fully saturated rings. The van der Waals surface area contributed by atoms with Gasteiger partial charge in [-0.15, -0.1) is 11.3 Å². The lowest BCUT2D eigenvalue weighted by Gasteiger charge is -2.14. The summed E-state index contributed by atoms with van der Waals surface area (Å²) in [7, 11) is 0. The van der Waals surface area contributed by atoms with E-state index < -0.39 is 6.10 Å². The van der Waals surface area contributed by atoms with Crippen molar-refractivity contribution in [2.45, 2.75) is 33.3 Å². The third-order valence-corrected chi connectivity index (χ3v) is 4.82. The molecule has 0 aliphatic heterocycles. The number of nitrogens with zero attached hydrogens (tertiary/aromatic N) is 1. The highest BCUT2D eigenvalue weighted by molar-refractivity contribution is 7.14. The summed E-state index contributed by atoms with van der Waals surface area (Å²) in [5.41, 5.74) is 4.29. The van der Waals surface area contributed by atoms with Gasteiger partial charge in [0, 0.05) is 10.9 Å². The number of hydrogen-bond donors (Lipinski definition) is 1. The van der Waals surface area contributed by atoms with Crippen LogP contribution in [-0.4, -0.2) is 17.0 Å². The number of thiazole rings is 1. The van der Waals surface area contributed by atoms with Gasteiger partial charge in [0.25, 0.3) is 5.91 Å². The van der Waals surface area contributed by atoms with E-state index in [1.165, 1.54) is 16.9 Å². The van der Waals surface area contributed by atoms with Crippen molar-refractivity contribution in [3.05, 3.63) is 65.0 Å². The zero-order chi connectivity index (χ0) is 18.5. The highest BCUT2D eigenvalue weighted by Gasteiger charge is 2.16.